The van der Waals surface area contributed by atoms with Gasteiger partial charge in [0.25, 0.3) is 0 Å². The maximum atomic E-state index is 6.01. The summed E-state index contributed by atoms with van der Waals surface area (Å²) in [5.41, 5.74) is 8.56. The molecule has 20 heavy (non-hydrogen) atoms. The van der Waals surface area contributed by atoms with Gasteiger partial charge in [0.1, 0.15) is 0 Å². The lowest BCUT2D eigenvalue weighted by atomic mass is 10.0. The Labute approximate surface area is 129 Å². The van der Waals surface area contributed by atoms with E-state index >= 15 is 0 Å². The molecule has 0 atom stereocenters. The van der Waals surface area contributed by atoms with Gasteiger partial charge in [0.05, 0.1) is 10.6 Å². The first-order chi connectivity index (χ1) is 9.66. The maximum Gasteiger partial charge on any atom is 0.176 e. The Balaban J connectivity index is 2.18. The molecule has 0 fully saturated rings. The van der Waals surface area contributed by atoms with Crippen LogP contribution in [-0.2, 0) is 0 Å². The van der Waals surface area contributed by atoms with Crippen LogP contribution in [0.2, 0.25) is 5.02 Å². The third-order valence-electron chi connectivity index (χ3n) is 2.96. The molecular weight excluding hydrogens is 340 g/mol. The Morgan fingerprint density at radius 2 is 1.80 bits per heavy atom. The number of hydrogen-bond donors (Lipinski definition) is 1. The van der Waals surface area contributed by atoms with Crippen LogP contribution in [0, 0.1) is 0 Å². The fourth-order valence-electron chi connectivity index (χ4n) is 2.02. The van der Waals surface area contributed by atoms with Crippen LogP contribution >= 0.6 is 27.5 Å². The Morgan fingerprint density at radius 1 is 1.05 bits per heavy atom. The zero-order valence-electron chi connectivity index (χ0n) is 10.3. The highest BCUT2D eigenvalue weighted by molar-refractivity contribution is 9.10. The van der Waals surface area contributed by atoms with Crippen molar-refractivity contribution in [1.29, 1.82) is 0 Å². The first-order valence-corrected chi connectivity index (χ1v) is 7.10. The van der Waals surface area contributed by atoms with Crippen molar-refractivity contribution in [1.82, 2.24) is 5.16 Å². The standard InChI is InChI=1S/C15H10BrClN2O/c16-11-8-10(6-7-12(11)17)14-13(15(18)19-20-14)9-4-2-1-3-5-9/h1-8H,(H2,18,19). The lowest BCUT2D eigenvalue weighted by Gasteiger charge is -2.04. The van der Waals surface area contributed by atoms with Gasteiger partial charge in [-0.2, -0.15) is 0 Å². The van der Waals surface area contributed by atoms with Crippen LogP contribution in [0.3, 0.4) is 0 Å². The highest BCUT2D eigenvalue weighted by Crippen LogP contribution is 2.38. The number of benzene rings is 2. The van der Waals surface area contributed by atoms with Gasteiger partial charge in [-0.25, -0.2) is 0 Å². The molecule has 0 saturated heterocycles. The average Bonchev–Trinajstić information content (AvgIpc) is 2.85. The molecule has 0 bridgehead atoms. The smallest absolute Gasteiger partial charge is 0.176 e. The lowest BCUT2D eigenvalue weighted by molar-refractivity contribution is 0.436. The van der Waals surface area contributed by atoms with E-state index in [1.165, 1.54) is 0 Å². The van der Waals surface area contributed by atoms with E-state index in [9.17, 15) is 0 Å². The second-order valence-corrected chi connectivity index (χ2v) is 5.53. The maximum absolute atomic E-state index is 6.01. The van der Waals surface area contributed by atoms with E-state index in [0.717, 1.165) is 21.2 Å². The van der Waals surface area contributed by atoms with Gasteiger partial charge in [-0.1, -0.05) is 47.1 Å². The summed E-state index contributed by atoms with van der Waals surface area (Å²) in [6.07, 6.45) is 0. The van der Waals surface area contributed by atoms with Crippen LogP contribution in [-0.4, -0.2) is 5.16 Å². The lowest BCUT2D eigenvalue weighted by Crippen LogP contribution is -1.88. The second kappa shape index (κ2) is 5.31. The zero-order chi connectivity index (χ0) is 14.1. The fourth-order valence-corrected chi connectivity index (χ4v) is 2.52. The van der Waals surface area contributed by atoms with E-state index in [1.807, 2.05) is 42.5 Å². The van der Waals surface area contributed by atoms with Gasteiger partial charge < -0.3 is 10.3 Å². The van der Waals surface area contributed by atoms with Crippen LogP contribution in [0.15, 0.2) is 57.5 Å². The monoisotopic (exact) mass is 348 g/mol. The molecule has 5 heteroatoms. The molecule has 100 valence electrons. The minimum atomic E-state index is 0.372. The van der Waals surface area contributed by atoms with Crippen molar-refractivity contribution >= 4 is 33.3 Å². The summed E-state index contributed by atoms with van der Waals surface area (Å²) in [5, 5.41) is 4.52. The predicted octanol–water partition coefficient (Wildman–Crippen LogP) is 5.01. The predicted molar refractivity (Wildman–Crippen MR) is 84.5 cm³/mol. The van der Waals surface area contributed by atoms with Crippen LogP contribution < -0.4 is 5.73 Å². The molecule has 0 aliphatic carbocycles. The summed E-state index contributed by atoms with van der Waals surface area (Å²) in [6.45, 7) is 0. The Hall–Kier alpha value is -1.78. The van der Waals surface area contributed by atoms with Crippen LogP contribution in [0.4, 0.5) is 5.82 Å². The van der Waals surface area contributed by atoms with E-state index in [1.54, 1.807) is 6.07 Å². The van der Waals surface area contributed by atoms with Gasteiger partial charge in [0.15, 0.2) is 11.6 Å². The van der Waals surface area contributed by atoms with Crippen molar-refractivity contribution in [3.8, 4) is 22.5 Å². The highest BCUT2D eigenvalue weighted by atomic mass is 79.9. The molecule has 1 aromatic heterocycles. The zero-order valence-corrected chi connectivity index (χ0v) is 12.6. The van der Waals surface area contributed by atoms with E-state index in [-0.39, 0.29) is 0 Å². The van der Waals surface area contributed by atoms with Crippen LogP contribution in [0.1, 0.15) is 0 Å². The van der Waals surface area contributed by atoms with Gasteiger partial charge in [-0.3, -0.25) is 0 Å². The summed E-state index contributed by atoms with van der Waals surface area (Å²) >= 11 is 9.42. The number of nitrogen functional groups attached to an aromatic ring is 1. The number of anilines is 1. The molecule has 0 radical (unpaired) electrons. The van der Waals surface area contributed by atoms with Crippen LogP contribution in [0.5, 0.6) is 0 Å². The van der Waals surface area contributed by atoms with E-state index in [2.05, 4.69) is 21.1 Å². The van der Waals surface area contributed by atoms with Crippen molar-refractivity contribution in [3.05, 3.63) is 58.0 Å². The SMILES string of the molecule is Nc1noc(-c2ccc(Cl)c(Br)c2)c1-c1ccccc1. The summed E-state index contributed by atoms with van der Waals surface area (Å²) < 4.78 is 6.19. The Kier molecular flexibility index (Phi) is 3.51. The molecule has 0 unspecified atom stereocenters. The van der Waals surface area contributed by atoms with Crippen molar-refractivity contribution in [2.24, 2.45) is 0 Å². The normalized spacial score (nSPS) is 10.7. The van der Waals surface area contributed by atoms with E-state index in [0.29, 0.717) is 16.6 Å². The molecule has 1 heterocycles. The van der Waals surface area contributed by atoms with Crippen molar-refractivity contribution in [2.75, 3.05) is 5.73 Å². The minimum Gasteiger partial charge on any atom is -0.380 e. The van der Waals surface area contributed by atoms with E-state index in [4.69, 9.17) is 21.9 Å². The summed E-state index contributed by atoms with van der Waals surface area (Å²) in [5.74, 6) is 1.00. The molecule has 3 aromatic rings. The molecule has 0 aliphatic heterocycles. The van der Waals surface area contributed by atoms with Gasteiger partial charge in [-0.15, -0.1) is 0 Å². The summed E-state index contributed by atoms with van der Waals surface area (Å²) in [4.78, 5) is 0. The second-order valence-electron chi connectivity index (χ2n) is 4.27. The largest absolute Gasteiger partial charge is 0.380 e. The molecule has 0 saturated carbocycles. The quantitative estimate of drug-likeness (QED) is 0.708. The number of halogens is 2. The molecule has 0 amide bonds. The topological polar surface area (TPSA) is 52.0 Å². The Bertz CT molecular complexity index is 756. The minimum absolute atomic E-state index is 0.372. The average molecular weight is 350 g/mol. The molecular formula is C15H10BrClN2O. The molecule has 2 N–H and O–H groups in total. The first kappa shape index (κ1) is 13.2. The van der Waals surface area contributed by atoms with E-state index < -0.39 is 0 Å². The first-order valence-electron chi connectivity index (χ1n) is 5.93. The fraction of sp³-hybridized carbons (Fsp3) is 0. The van der Waals surface area contributed by atoms with Gasteiger partial charge in [0.2, 0.25) is 0 Å². The van der Waals surface area contributed by atoms with Gasteiger partial charge in [0, 0.05) is 10.0 Å². The Morgan fingerprint density at radius 3 is 2.50 bits per heavy atom. The van der Waals surface area contributed by atoms with Gasteiger partial charge >= 0.3 is 0 Å². The highest BCUT2D eigenvalue weighted by Gasteiger charge is 2.17. The number of rotatable bonds is 2. The van der Waals surface area contributed by atoms with Crippen LogP contribution in [0.25, 0.3) is 22.5 Å². The number of nitrogens with zero attached hydrogens (tertiary/aromatic N) is 1. The number of nitrogens with two attached hydrogens (primary N) is 1. The molecule has 2 aromatic carbocycles. The molecule has 0 aliphatic rings. The summed E-state index contributed by atoms with van der Waals surface area (Å²) in [7, 11) is 0. The molecule has 3 rings (SSSR count). The third-order valence-corrected chi connectivity index (χ3v) is 4.18. The van der Waals surface area contributed by atoms with Gasteiger partial charge in [-0.05, 0) is 39.7 Å². The number of hydrogen-bond acceptors (Lipinski definition) is 3. The third kappa shape index (κ3) is 2.32. The number of aromatic nitrogens is 1. The van der Waals surface area contributed by atoms with Crippen molar-refractivity contribution < 1.29 is 4.52 Å². The van der Waals surface area contributed by atoms with Crippen molar-refractivity contribution in [2.45, 2.75) is 0 Å². The van der Waals surface area contributed by atoms with Crippen molar-refractivity contribution in [3.63, 3.8) is 0 Å². The molecule has 3 nitrogen and oxygen atoms in total. The summed E-state index contributed by atoms with van der Waals surface area (Å²) in [6, 6.07) is 15.3. The molecule has 0 spiro atoms.